The fourth-order valence-corrected chi connectivity index (χ4v) is 1.60. The molecule has 1 aliphatic rings. The van der Waals surface area contributed by atoms with Crippen molar-refractivity contribution in [3.05, 3.63) is 0 Å². The molecule has 0 aromatic heterocycles. The molecule has 1 amide bonds. The Kier molecular flexibility index (Phi) is 4.59. The Morgan fingerprint density at radius 3 is 2.56 bits per heavy atom. The van der Waals surface area contributed by atoms with Gasteiger partial charge in [-0.2, -0.15) is 0 Å². The summed E-state index contributed by atoms with van der Waals surface area (Å²) in [6, 6.07) is 0.673. The molecule has 0 aliphatic carbocycles. The molecule has 1 atom stereocenters. The van der Waals surface area contributed by atoms with Gasteiger partial charge in [0.25, 0.3) is 0 Å². The number of carbonyl (C=O) groups is 1. The molecule has 4 heteroatoms. The Morgan fingerprint density at radius 1 is 1.50 bits per heavy atom. The highest BCUT2D eigenvalue weighted by molar-refractivity contribution is 5.67. The Labute approximate surface area is 98.3 Å². The molecule has 0 saturated carbocycles. The van der Waals surface area contributed by atoms with Gasteiger partial charge >= 0.3 is 6.09 Å². The van der Waals surface area contributed by atoms with Crippen LogP contribution in [0.3, 0.4) is 0 Å². The molecule has 0 aromatic rings. The zero-order valence-corrected chi connectivity index (χ0v) is 10.9. The van der Waals surface area contributed by atoms with E-state index in [1.54, 1.807) is 11.9 Å². The smallest absolute Gasteiger partial charge is 0.410 e. The topological polar surface area (TPSA) is 41.6 Å². The molecule has 1 saturated heterocycles. The molecule has 1 heterocycles. The van der Waals surface area contributed by atoms with Crippen LogP contribution >= 0.6 is 0 Å². The molecule has 1 aliphatic heterocycles. The van der Waals surface area contributed by atoms with Crippen LogP contribution in [-0.4, -0.2) is 42.8 Å². The van der Waals surface area contributed by atoms with Crippen molar-refractivity contribution in [3.8, 4) is 0 Å². The minimum Gasteiger partial charge on any atom is -0.444 e. The largest absolute Gasteiger partial charge is 0.444 e. The third-order valence-electron chi connectivity index (χ3n) is 2.68. The first kappa shape index (κ1) is 13.3. The van der Waals surface area contributed by atoms with Gasteiger partial charge in [0, 0.05) is 19.6 Å². The van der Waals surface area contributed by atoms with Gasteiger partial charge in [-0.05, 0) is 46.6 Å². The summed E-state index contributed by atoms with van der Waals surface area (Å²) in [7, 11) is 1.79. The number of ether oxygens (including phenoxy) is 1. The van der Waals surface area contributed by atoms with Crippen molar-refractivity contribution in [1.29, 1.82) is 0 Å². The number of hydrogen-bond donors (Lipinski definition) is 1. The van der Waals surface area contributed by atoms with E-state index in [-0.39, 0.29) is 6.09 Å². The van der Waals surface area contributed by atoms with E-state index in [1.165, 1.54) is 6.42 Å². The Morgan fingerprint density at radius 2 is 2.12 bits per heavy atom. The average Bonchev–Trinajstić information content (AvgIpc) is 2.05. The standard InChI is InChI=1S/C12H24N2O2/c1-12(2,3)16-11(15)14(4)9-5-6-10-7-8-13-10/h10,13H,5-9H2,1-4H3. The van der Waals surface area contributed by atoms with Crippen molar-refractivity contribution >= 4 is 6.09 Å². The van der Waals surface area contributed by atoms with Gasteiger partial charge in [0.1, 0.15) is 5.60 Å². The van der Waals surface area contributed by atoms with Crippen LogP contribution in [0, 0.1) is 0 Å². The van der Waals surface area contributed by atoms with Gasteiger partial charge < -0.3 is 15.0 Å². The van der Waals surface area contributed by atoms with E-state index >= 15 is 0 Å². The fraction of sp³-hybridized carbons (Fsp3) is 0.917. The second kappa shape index (κ2) is 5.53. The third-order valence-corrected chi connectivity index (χ3v) is 2.68. The fourth-order valence-electron chi connectivity index (χ4n) is 1.60. The zero-order valence-electron chi connectivity index (χ0n) is 10.9. The molecule has 0 aromatic carbocycles. The highest BCUT2D eigenvalue weighted by atomic mass is 16.6. The van der Waals surface area contributed by atoms with Gasteiger partial charge in [0.15, 0.2) is 0 Å². The maximum Gasteiger partial charge on any atom is 0.410 e. The molecule has 0 spiro atoms. The summed E-state index contributed by atoms with van der Waals surface area (Å²) in [6.45, 7) is 7.57. The van der Waals surface area contributed by atoms with E-state index in [0.29, 0.717) is 6.04 Å². The number of nitrogens with one attached hydrogen (secondary N) is 1. The highest BCUT2D eigenvalue weighted by Crippen LogP contribution is 2.11. The molecule has 1 fully saturated rings. The maximum absolute atomic E-state index is 11.6. The van der Waals surface area contributed by atoms with E-state index in [9.17, 15) is 4.79 Å². The van der Waals surface area contributed by atoms with Crippen molar-refractivity contribution in [3.63, 3.8) is 0 Å². The monoisotopic (exact) mass is 228 g/mol. The molecule has 0 radical (unpaired) electrons. The van der Waals surface area contributed by atoms with Gasteiger partial charge in [-0.1, -0.05) is 0 Å². The average molecular weight is 228 g/mol. The molecule has 1 rings (SSSR count). The lowest BCUT2D eigenvalue weighted by Gasteiger charge is -2.29. The molecule has 1 unspecified atom stereocenters. The van der Waals surface area contributed by atoms with Gasteiger partial charge in [-0.15, -0.1) is 0 Å². The molecule has 4 nitrogen and oxygen atoms in total. The van der Waals surface area contributed by atoms with Crippen LogP contribution in [0.2, 0.25) is 0 Å². The van der Waals surface area contributed by atoms with Crippen molar-refractivity contribution in [2.24, 2.45) is 0 Å². The minimum atomic E-state index is -0.402. The van der Waals surface area contributed by atoms with E-state index in [0.717, 1.165) is 25.9 Å². The molecule has 16 heavy (non-hydrogen) atoms. The van der Waals surface area contributed by atoms with Gasteiger partial charge in [-0.25, -0.2) is 4.79 Å². The van der Waals surface area contributed by atoms with Gasteiger partial charge in [0.2, 0.25) is 0 Å². The summed E-state index contributed by atoms with van der Waals surface area (Å²) in [5.74, 6) is 0. The van der Waals surface area contributed by atoms with E-state index < -0.39 is 5.60 Å². The van der Waals surface area contributed by atoms with Crippen LogP contribution in [0.1, 0.15) is 40.0 Å². The lowest BCUT2D eigenvalue weighted by Crippen LogP contribution is -2.43. The number of amides is 1. The molecule has 0 bridgehead atoms. The van der Waals surface area contributed by atoms with E-state index in [2.05, 4.69) is 5.32 Å². The molecule has 1 N–H and O–H groups in total. The quantitative estimate of drug-likeness (QED) is 0.800. The molecule has 94 valence electrons. The lowest BCUT2D eigenvalue weighted by atomic mass is 10.0. The van der Waals surface area contributed by atoms with Crippen molar-refractivity contribution < 1.29 is 9.53 Å². The second-order valence-electron chi connectivity index (χ2n) is 5.48. The number of nitrogens with zero attached hydrogens (tertiary/aromatic N) is 1. The Bertz CT molecular complexity index is 232. The van der Waals surface area contributed by atoms with Crippen LogP contribution in [-0.2, 0) is 4.74 Å². The summed E-state index contributed by atoms with van der Waals surface area (Å²) in [5, 5.41) is 3.35. The van der Waals surface area contributed by atoms with Crippen LogP contribution in [0.5, 0.6) is 0 Å². The Hall–Kier alpha value is -0.770. The molecular weight excluding hydrogens is 204 g/mol. The predicted octanol–water partition coefficient (Wildman–Crippen LogP) is 2.00. The Balaban J connectivity index is 2.12. The normalized spacial score (nSPS) is 20.1. The summed E-state index contributed by atoms with van der Waals surface area (Å²) >= 11 is 0. The first-order chi connectivity index (χ1) is 7.38. The van der Waals surface area contributed by atoms with Gasteiger partial charge in [-0.3, -0.25) is 0 Å². The number of rotatable bonds is 4. The number of hydrogen-bond acceptors (Lipinski definition) is 3. The van der Waals surface area contributed by atoms with Crippen molar-refractivity contribution in [1.82, 2.24) is 10.2 Å². The second-order valence-corrected chi connectivity index (χ2v) is 5.48. The van der Waals surface area contributed by atoms with Crippen LogP contribution < -0.4 is 5.32 Å². The summed E-state index contributed by atoms with van der Waals surface area (Å²) < 4.78 is 5.27. The summed E-state index contributed by atoms with van der Waals surface area (Å²) in [4.78, 5) is 13.3. The third kappa shape index (κ3) is 4.84. The minimum absolute atomic E-state index is 0.228. The van der Waals surface area contributed by atoms with Crippen molar-refractivity contribution in [2.45, 2.75) is 51.7 Å². The van der Waals surface area contributed by atoms with Crippen LogP contribution in [0.4, 0.5) is 4.79 Å². The highest BCUT2D eigenvalue weighted by Gasteiger charge is 2.20. The predicted molar refractivity (Wildman–Crippen MR) is 64.5 cm³/mol. The van der Waals surface area contributed by atoms with Crippen molar-refractivity contribution in [2.75, 3.05) is 20.1 Å². The van der Waals surface area contributed by atoms with Crippen LogP contribution in [0.25, 0.3) is 0 Å². The summed E-state index contributed by atoms with van der Waals surface area (Å²) in [5.41, 5.74) is -0.402. The SMILES string of the molecule is CN(CCCC1CCN1)C(=O)OC(C)(C)C. The van der Waals surface area contributed by atoms with Crippen LogP contribution in [0.15, 0.2) is 0 Å². The summed E-state index contributed by atoms with van der Waals surface area (Å²) in [6.07, 6.45) is 3.23. The zero-order chi connectivity index (χ0) is 12.2. The van der Waals surface area contributed by atoms with E-state index in [4.69, 9.17) is 4.74 Å². The number of carbonyl (C=O) groups excluding carboxylic acids is 1. The molecular formula is C12H24N2O2. The first-order valence-electron chi connectivity index (χ1n) is 6.06. The maximum atomic E-state index is 11.6. The first-order valence-corrected chi connectivity index (χ1v) is 6.06. The lowest BCUT2D eigenvalue weighted by molar-refractivity contribution is 0.0294. The van der Waals surface area contributed by atoms with Gasteiger partial charge in [0.05, 0.1) is 0 Å². The van der Waals surface area contributed by atoms with E-state index in [1.807, 2.05) is 20.8 Å².